The molecule has 4 aliphatic carbocycles. The highest BCUT2D eigenvalue weighted by atomic mass is 16.3. The van der Waals surface area contributed by atoms with E-state index in [1.807, 2.05) is 0 Å². The summed E-state index contributed by atoms with van der Waals surface area (Å²) in [5, 5.41) is 9.50. The Morgan fingerprint density at radius 1 is 1.00 bits per heavy atom. The second-order valence-electron chi connectivity index (χ2n) is 10.3. The van der Waals surface area contributed by atoms with Crippen molar-refractivity contribution >= 4 is 5.78 Å². The fraction of sp³-hybridized carbons (Fsp3) is 0.955. The van der Waals surface area contributed by atoms with Gasteiger partial charge in [0.05, 0.1) is 0 Å². The molecule has 1 N–H and O–H groups in total. The smallest absolute Gasteiger partial charge is 0.162 e. The molecule has 0 heterocycles. The molecule has 4 fully saturated rings. The Morgan fingerprint density at radius 2 is 1.79 bits per heavy atom. The van der Waals surface area contributed by atoms with Gasteiger partial charge in [0, 0.05) is 5.92 Å². The zero-order valence-electron chi connectivity index (χ0n) is 15.9. The maximum absolute atomic E-state index is 12.5. The highest BCUT2D eigenvalue weighted by molar-refractivity contribution is 5.83. The van der Waals surface area contributed by atoms with Gasteiger partial charge in [0.15, 0.2) is 5.78 Å². The van der Waals surface area contributed by atoms with E-state index in [0.717, 1.165) is 17.8 Å². The van der Waals surface area contributed by atoms with Crippen LogP contribution >= 0.6 is 0 Å². The topological polar surface area (TPSA) is 37.3 Å². The number of Topliss-reactive ketones (excluding diaryl/α,β-unsaturated/α-hetero) is 1. The van der Waals surface area contributed by atoms with Crippen molar-refractivity contribution in [3.63, 3.8) is 0 Å². The number of aliphatic hydroxyl groups excluding tert-OH is 1. The van der Waals surface area contributed by atoms with E-state index in [1.54, 1.807) is 0 Å². The first kappa shape index (κ1) is 17.1. The predicted octanol–water partition coefficient (Wildman–Crippen LogP) is 4.84. The summed E-state index contributed by atoms with van der Waals surface area (Å²) in [5.74, 6) is 4.08. The SMILES string of the molecule is C[C@@H]1C[C@H]2[C@@H]3CCC4CCCC[C@]4(C)[C@H]3CC[C@]2(C)[C@H]1C(=O)CO. The molecule has 4 aliphatic rings. The number of ketones is 1. The summed E-state index contributed by atoms with van der Waals surface area (Å²) in [6, 6.07) is 0. The molecule has 24 heavy (non-hydrogen) atoms. The lowest BCUT2D eigenvalue weighted by molar-refractivity contribution is -0.138. The van der Waals surface area contributed by atoms with Crippen LogP contribution in [0.25, 0.3) is 0 Å². The Labute approximate surface area is 147 Å². The first-order valence-corrected chi connectivity index (χ1v) is 10.6. The third kappa shape index (κ3) is 2.20. The summed E-state index contributed by atoms with van der Waals surface area (Å²) in [4.78, 5) is 12.5. The van der Waals surface area contributed by atoms with Gasteiger partial charge in [-0.1, -0.05) is 33.6 Å². The van der Waals surface area contributed by atoms with Crippen molar-refractivity contribution < 1.29 is 9.90 Å². The second kappa shape index (κ2) is 5.83. The van der Waals surface area contributed by atoms with Crippen molar-refractivity contribution in [3.05, 3.63) is 0 Å². The summed E-state index contributed by atoms with van der Waals surface area (Å²) in [5.41, 5.74) is 0.725. The summed E-state index contributed by atoms with van der Waals surface area (Å²) in [7, 11) is 0. The van der Waals surface area contributed by atoms with Crippen molar-refractivity contribution in [2.45, 2.75) is 78.6 Å². The van der Waals surface area contributed by atoms with Gasteiger partial charge in [-0.2, -0.15) is 0 Å². The fourth-order valence-corrected chi connectivity index (χ4v) is 8.44. The predicted molar refractivity (Wildman–Crippen MR) is 96.5 cm³/mol. The maximum atomic E-state index is 12.5. The van der Waals surface area contributed by atoms with Crippen LogP contribution in [0.4, 0.5) is 0 Å². The van der Waals surface area contributed by atoms with E-state index in [2.05, 4.69) is 20.8 Å². The molecule has 0 aromatic heterocycles. The molecule has 0 aliphatic heterocycles. The molecule has 0 saturated heterocycles. The van der Waals surface area contributed by atoms with Gasteiger partial charge in [-0.3, -0.25) is 4.79 Å². The maximum Gasteiger partial charge on any atom is 0.162 e. The monoisotopic (exact) mass is 332 g/mol. The third-order valence-electron chi connectivity index (χ3n) is 9.43. The van der Waals surface area contributed by atoms with Gasteiger partial charge >= 0.3 is 0 Å². The number of rotatable bonds is 2. The molecule has 1 unspecified atom stereocenters. The van der Waals surface area contributed by atoms with Crippen LogP contribution in [0, 0.1) is 46.3 Å². The van der Waals surface area contributed by atoms with Crippen LogP contribution in [0.5, 0.6) is 0 Å². The number of hydrogen-bond acceptors (Lipinski definition) is 2. The van der Waals surface area contributed by atoms with Crippen LogP contribution in [-0.2, 0) is 4.79 Å². The molecule has 136 valence electrons. The van der Waals surface area contributed by atoms with Crippen molar-refractivity contribution in [2.24, 2.45) is 46.3 Å². The molecule has 0 bridgehead atoms. The Balaban J connectivity index is 1.64. The molecule has 0 amide bonds. The lowest BCUT2D eigenvalue weighted by Gasteiger charge is -2.60. The molecule has 8 atom stereocenters. The van der Waals surface area contributed by atoms with E-state index in [9.17, 15) is 9.90 Å². The summed E-state index contributed by atoms with van der Waals surface area (Å²) < 4.78 is 0. The average Bonchev–Trinajstić information content (AvgIpc) is 2.84. The van der Waals surface area contributed by atoms with E-state index in [4.69, 9.17) is 0 Å². The lowest BCUT2D eigenvalue weighted by Crippen LogP contribution is -2.53. The zero-order chi connectivity index (χ0) is 17.1. The minimum atomic E-state index is -0.259. The van der Waals surface area contributed by atoms with Gasteiger partial charge in [0.25, 0.3) is 0 Å². The van der Waals surface area contributed by atoms with Gasteiger partial charge in [0.2, 0.25) is 0 Å². The van der Waals surface area contributed by atoms with Crippen LogP contribution in [0.3, 0.4) is 0 Å². The van der Waals surface area contributed by atoms with Crippen LogP contribution in [0.1, 0.15) is 78.6 Å². The quantitative estimate of drug-likeness (QED) is 0.785. The number of carbonyl (C=O) groups is 1. The largest absolute Gasteiger partial charge is 0.389 e. The molecule has 0 spiro atoms. The molecular formula is C22H36O2. The normalized spacial score (nSPS) is 53.8. The van der Waals surface area contributed by atoms with Crippen LogP contribution in [0.2, 0.25) is 0 Å². The van der Waals surface area contributed by atoms with Crippen molar-refractivity contribution in [2.75, 3.05) is 6.61 Å². The minimum Gasteiger partial charge on any atom is -0.389 e. The van der Waals surface area contributed by atoms with Gasteiger partial charge < -0.3 is 5.11 Å². The van der Waals surface area contributed by atoms with Gasteiger partial charge in [-0.05, 0) is 85.4 Å². The minimum absolute atomic E-state index is 0.102. The number of fused-ring (bicyclic) bond motifs is 5. The van der Waals surface area contributed by atoms with Crippen LogP contribution in [-0.4, -0.2) is 17.5 Å². The molecular weight excluding hydrogens is 296 g/mol. The van der Waals surface area contributed by atoms with Gasteiger partial charge in [-0.15, -0.1) is 0 Å². The first-order valence-electron chi connectivity index (χ1n) is 10.6. The molecule has 2 nitrogen and oxygen atoms in total. The van der Waals surface area contributed by atoms with E-state index in [1.165, 1.54) is 57.8 Å². The highest BCUT2D eigenvalue weighted by Gasteiger charge is 2.62. The molecule has 2 heteroatoms. The van der Waals surface area contributed by atoms with Gasteiger partial charge in [-0.25, -0.2) is 0 Å². The van der Waals surface area contributed by atoms with E-state index in [0.29, 0.717) is 17.3 Å². The summed E-state index contributed by atoms with van der Waals surface area (Å²) in [6.07, 6.45) is 12.4. The van der Waals surface area contributed by atoms with E-state index in [-0.39, 0.29) is 23.7 Å². The Morgan fingerprint density at radius 3 is 2.54 bits per heavy atom. The molecule has 0 aromatic rings. The number of carbonyl (C=O) groups excluding carboxylic acids is 1. The number of aliphatic hydroxyl groups is 1. The second-order valence-corrected chi connectivity index (χ2v) is 10.3. The third-order valence-corrected chi connectivity index (χ3v) is 9.43. The number of hydrogen-bond donors (Lipinski definition) is 1. The lowest BCUT2D eigenvalue weighted by atomic mass is 9.45. The average molecular weight is 333 g/mol. The van der Waals surface area contributed by atoms with Crippen molar-refractivity contribution in [1.29, 1.82) is 0 Å². The van der Waals surface area contributed by atoms with Crippen molar-refractivity contribution in [1.82, 2.24) is 0 Å². The Hall–Kier alpha value is -0.370. The first-order chi connectivity index (χ1) is 11.4. The van der Waals surface area contributed by atoms with Crippen molar-refractivity contribution in [3.8, 4) is 0 Å². The summed E-state index contributed by atoms with van der Waals surface area (Å²) >= 11 is 0. The van der Waals surface area contributed by atoms with Crippen LogP contribution < -0.4 is 0 Å². The highest BCUT2D eigenvalue weighted by Crippen LogP contribution is 2.68. The van der Waals surface area contributed by atoms with Gasteiger partial charge in [0.1, 0.15) is 6.61 Å². The Bertz CT molecular complexity index is 514. The standard InChI is InChI=1S/C22H36O2/c1-14-12-18-16-8-7-15-6-4-5-10-21(15,2)17(16)9-11-22(18,3)20(14)19(24)13-23/h14-18,20,23H,4-13H2,1-3H3/t14-,15?,16-,17+,18+,20-,21+,22+/m1/s1. The summed E-state index contributed by atoms with van der Waals surface area (Å²) in [6.45, 7) is 7.02. The van der Waals surface area contributed by atoms with Crippen LogP contribution in [0.15, 0.2) is 0 Å². The zero-order valence-corrected chi connectivity index (χ0v) is 15.9. The Kier molecular flexibility index (Phi) is 4.14. The molecule has 0 aromatic carbocycles. The van der Waals surface area contributed by atoms with E-state index < -0.39 is 0 Å². The molecule has 0 radical (unpaired) electrons. The molecule has 4 rings (SSSR count). The fourth-order valence-electron chi connectivity index (χ4n) is 8.44. The molecule has 4 saturated carbocycles. The van der Waals surface area contributed by atoms with E-state index >= 15 is 0 Å².